The third-order valence-corrected chi connectivity index (χ3v) is 9.78. The highest BCUT2D eigenvalue weighted by molar-refractivity contribution is 8.02. The van der Waals surface area contributed by atoms with E-state index < -0.39 is 0 Å². The summed E-state index contributed by atoms with van der Waals surface area (Å²) in [6, 6.07) is 8.58. The second-order valence-electron chi connectivity index (χ2n) is 9.46. The zero-order chi connectivity index (χ0) is 18.5. The molecule has 5 rings (SSSR count). The molecule has 2 saturated carbocycles. The lowest BCUT2D eigenvalue weighted by Gasteiger charge is -2.57. The van der Waals surface area contributed by atoms with Crippen molar-refractivity contribution in [1.82, 2.24) is 4.98 Å². The van der Waals surface area contributed by atoms with Crippen molar-refractivity contribution in [1.29, 1.82) is 0 Å². The summed E-state index contributed by atoms with van der Waals surface area (Å²) < 4.78 is 9.77. The number of nitrogens with zero attached hydrogens (tertiary/aromatic N) is 1. The molecule has 0 amide bonds. The average molecular weight is 402 g/mol. The molecule has 4 atom stereocenters. The summed E-state index contributed by atoms with van der Waals surface area (Å²) in [5, 5.41) is 0. The van der Waals surface area contributed by atoms with E-state index in [4.69, 9.17) is 9.72 Å². The second-order valence-corrected chi connectivity index (χ2v) is 12.3. The van der Waals surface area contributed by atoms with Crippen LogP contribution < -0.4 is 0 Å². The van der Waals surface area contributed by atoms with Crippen LogP contribution in [0.2, 0.25) is 0 Å². The van der Waals surface area contributed by atoms with Gasteiger partial charge < -0.3 is 4.74 Å². The number of hydrogen-bond donors (Lipinski definition) is 0. The van der Waals surface area contributed by atoms with Crippen molar-refractivity contribution in [3.05, 3.63) is 24.3 Å². The highest BCUT2D eigenvalue weighted by Crippen LogP contribution is 2.58. The van der Waals surface area contributed by atoms with Gasteiger partial charge in [0.1, 0.15) is 0 Å². The summed E-state index contributed by atoms with van der Waals surface area (Å²) >= 11 is 3.95. The minimum Gasteiger partial charge on any atom is -0.371 e. The lowest BCUT2D eigenvalue weighted by atomic mass is 9.66. The molecule has 2 aromatic rings. The van der Waals surface area contributed by atoms with Crippen LogP contribution in [0.5, 0.6) is 0 Å². The second kappa shape index (κ2) is 7.03. The van der Waals surface area contributed by atoms with E-state index in [1.54, 1.807) is 0 Å². The molecule has 2 aliphatic carbocycles. The van der Waals surface area contributed by atoms with E-state index in [0.29, 0.717) is 12.0 Å². The number of rotatable bonds is 2. The summed E-state index contributed by atoms with van der Waals surface area (Å²) in [5.41, 5.74) is 1.29. The lowest BCUT2D eigenvalue weighted by Crippen LogP contribution is -2.58. The monoisotopic (exact) mass is 401 g/mol. The van der Waals surface area contributed by atoms with Crippen LogP contribution in [0.3, 0.4) is 0 Å². The largest absolute Gasteiger partial charge is 0.371 e. The maximum absolute atomic E-state index is 6.95. The Morgan fingerprint density at radius 3 is 2.78 bits per heavy atom. The number of ether oxygens (including phenoxy) is 1. The van der Waals surface area contributed by atoms with Crippen LogP contribution >= 0.6 is 23.1 Å². The first-order chi connectivity index (χ1) is 13.1. The number of hydrogen-bond acceptors (Lipinski definition) is 4. The molecule has 1 spiro atoms. The van der Waals surface area contributed by atoms with Gasteiger partial charge >= 0.3 is 0 Å². The molecule has 27 heavy (non-hydrogen) atoms. The number of aromatic nitrogens is 1. The Bertz CT molecular complexity index is 779. The van der Waals surface area contributed by atoms with E-state index in [0.717, 1.165) is 11.4 Å². The first kappa shape index (κ1) is 18.4. The Kier molecular flexibility index (Phi) is 4.81. The minimum atomic E-state index is 0.134. The Morgan fingerprint density at radius 1 is 1.15 bits per heavy atom. The Hall–Kier alpha value is -0.580. The normalized spacial score (nSPS) is 36.0. The molecule has 146 valence electrons. The van der Waals surface area contributed by atoms with Crippen molar-refractivity contribution in [2.45, 2.75) is 92.4 Å². The molecule has 1 aromatic carbocycles. The standard InChI is InChI=1S/C23H31NOS2/c1-16-10-11-17-19(14-16)25-23(12-6-3-7-13-23)15-22(17,2)27-21-24-18-8-4-5-9-20(18)26-21/h4-5,8-9,16-17,19H,3,6-7,10-15H2,1-2H3/t16-,17-,19-,22-/m1/s1. The van der Waals surface area contributed by atoms with Gasteiger partial charge in [-0.1, -0.05) is 56.5 Å². The molecular formula is C23H31NOS2. The molecule has 2 nitrogen and oxygen atoms in total. The zero-order valence-corrected chi connectivity index (χ0v) is 18.2. The van der Waals surface area contributed by atoms with Crippen LogP contribution in [-0.4, -0.2) is 21.4 Å². The van der Waals surface area contributed by atoms with Gasteiger partial charge in [0, 0.05) is 10.7 Å². The SMILES string of the molecule is C[C@@H]1CC[C@@H]2[C@@H](C1)OC1(CCCCC1)C[C@@]2(C)Sc1nc2ccccc2s1. The fourth-order valence-electron chi connectivity index (χ4n) is 5.99. The van der Waals surface area contributed by atoms with Gasteiger partial charge in [-0.15, -0.1) is 11.3 Å². The average Bonchev–Trinajstić information content (AvgIpc) is 3.03. The predicted octanol–water partition coefficient (Wildman–Crippen LogP) is 7.08. The van der Waals surface area contributed by atoms with Crippen LogP contribution in [0.25, 0.3) is 10.2 Å². The van der Waals surface area contributed by atoms with Crippen LogP contribution in [0.15, 0.2) is 28.6 Å². The van der Waals surface area contributed by atoms with Crippen LogP contribution in [0.1, 0.15) is 71.6 Å². The molecule has 0 N–H and O–H groups in total. The third-order valence-electron chi connectivity index (χ3n) is 7.27. The van der Waals surface area contributed by atoms with E-state index in [1.165, 1.54) is 66.8 Å². The molecule has 1 saturated heterocycles. The van der Waals surface area contributed by atoms with Crippen molar-refractivity contribution in [3.63, 3.8) is 0 Å². The fraction of sp³-hybridized carbons (Fsp3) is 0.696. The van der Waals surface area contributed by atoms with Crippen molar-refractivity contribution in [2.24, 2.45) is 11.8 Å². The van der Waals surface area contributed by atoms with E-state index in [9.17, 15) is 0 Å². The van der Waals surface area contributed by atoms with E-state index in [1.807, 2.05) is 11.3 Å². The van der Waals surface area contributed by atoms with Gasteiger partial charge in [-0.05, 0) is 57.1 Å². The molecule has 1 aromatic heterocycles. The van der Waals surface area contributed by atoms with E-state index in [2.05, 4.69) is 49.9 Å². The maximum atomic E-state index is 6.95. The molecule has 3 fully saturated rings. The Labute approximate surface area is 171 Å². The number of thiazole rings is 1. The fourth-order valence-corrected chi connectivity index (χ4v) is 8.99. The van der Waals surface area contributed by atoms with E-state index >= 15 is 0 Å². The van der Waals surface area contributed by atoms with E-state index in [-0.39, 0.29) is 10.3 Å². The van der Waals surface area contributed by atoms with Gasteiger partial charge in [0.05, 0.1) is 21.9 Å². The predicted molar refractivity (Wildman–Crippen MR) is 116 cm³/mol. The summed E-state index contributed by atoms with van der Waals surface area (Å²) in [7, 11) is 0. The first-order valence-corrected chi connectivity index (χ1v) is 12.4. The lowest BCUT2D eigenvalue weighted by molar-refractivity contribution is -0.192. The highest BCUT2D eigenvalue weighted by atomic mass is 32.2. The maximum Gasteiger partial charge on any atom is 0.151 e. The Balaban J connectivity index is 1.48. The van der Waals surface area contributed by atoms with Gasteiger partial charge in [-0.2, -0.15) is 0 Å². The summed E-state index contributed by atoms with van der Waals surface area (Å²) in [6.07, 6.45) is 12.2. The topological polar surface area (TPSA) is 22.1 Å². The zero-order valence-electron chi connectivity index (χ0n) is 16.6. The Morgan fingerprint density at radius 2 is 1.96 bits per heavy atom. The summed E-state index contributed by atoms with van der Waals surface area (Å²) in [4.78, 5) is 4.98. The first-order valence-electron chi connectivity index (χ1n) is 10.8. The summed E-state index contributed by atoms with van der Waals surface area (Å²) in [5.74, 6) is 1.47. The van der Waals surface area contributed by atoms with Crippen LogP contribution in [-0.2, 0) is 4.74 Å². The van der Waals surface area contributed by atoms with Crippen LogP contribution in [0, 0.1) is 11.8 Å². The van der Waals surface area contributed by atoms with Crippen molar-refractivity contribution in [3.8, 4) is 0 Å². The van der Waals surface area contributed by atoms with Gasteiger partial charge in [-0.25, -0.2) is 4.98 Å². The number of benzene rings is 1. The van der Waals surface area contributed by atoms with Gasteiger partial charge in [-0.3, -0.25) is 0 Å². The molecule has 1 aliphatic heterocycles. The van der Waals surface area contributed by atoms with Gasteiger partial charge in [0.2, 0.25) is 0 Å². The third kappa shape index (κ3) is 3.47. The van der Waals surface area contributed by atoms with Crippen molar-refractivity contribution in [2.75, 3.05) is 0 Å². The quantitative estimate of drug-likeness (QED) is 0.537. The van der Waals surface area contributed by atoms with Gasteiger partial charge in [0.25, 0.3) is 0 Å². The molecule has 0 unspecified atom stereocenters. The molecule has 0 radical (unpaired) electrons. The smallest absolute Gasteiger partial charge is 0.151 e. The minimum absolute atomic E-state index is 0.134. The van der Waals surface area contributed by atoms with Crippen molar-refractivity contribution < 1.29 is 4.74 Å². The molecule has 2 heterocycles. The van der Waals surface area contributed by atoms with Gasteiger partial charge in [0.15, 0.2) is 4.34 Å². The summed E-state index contributed by atoms with van der Waals surface area (Å²) in [6.45, 7) is 4.95. The molecular weight excluding hydrogens is 370 g/mol. The number of para-hydroxylation sites is 1. The number of fused-ring (bicyclic) bond motifs is 2. The molecule has 4 heteroatoms. The van der Waals surface area contributed by atoms with Crippen LogP contribution in [0.4, 0.5) is 0 Å². The number of thioether (sulfide) groups is 1. The van der Waals surface area contributed by atoms with Crippen molar-refractivity contribution >= 4 is 33.3 Å². The molecule has 3 aliphatic rings. The molecule has 0 bridgehead atoms. The highest BCUT2D eigenvalue weighted by Gasteiger charge is 2.54.